The van der Waals surface area contributed by atoms with E-state index in [1.807, 2.05) is 5.38 Å². The third-order valence-corrected chi connectivity index (χ3v) is 4.52. The molecule has 0 aliphatic heterocycles. The Hall–Kier alpha value is -0.870. The van der Waals surface area contributed by atoms with Gasteiger partial charge in [0.05, 0.1) is 7.11 Å². The Morgan fingerprint density at radius 2 is 1.94 bits per heavy atom. The molecule has 4 heteroatoms. The number of methoxy groups -OCH3 is 1. The van der Waals surface area contributed by atoms with Crippen molar-refractivity contribution >= 4 is 27.3 Å². The van der Waals surface area contributed by atoms with E-state index >= 15 is 0 Å². The predicted octanol–water partition coefficient (Wildman–Crippen LogP) is 4.51. The van der Waals surface area contributed by atoms with Gasteiger partial charge in [-0.3, -0.25) is 0 Å². The van der Waals surface area contributed by atoms with E-state index in [-0.39, 0.29) is 0 Å². The summed E-state index contributed by atoms with van der Waals surface area (Å²) in [4.78, 5) is 4.47. The molecule has 90 valence electrons. The second-order valence-electron chi connectivity index (χ2n) is 4.00. The Morgan fingerprint density at radius 1 is 1.24 bits per heavy atom. The Bertz CT molecular complexity index is 563. The number of hydrogen-bond acceptors (Lipinski definition) is 3. The smallest absolute Gasteiger partial charge is 0.124 e. The average Bonchev–Trinajstić information content (AvgIpc) is 2.71. The topological polar surface area (TPSA) is 22.1 Å². The zero-order valence-corrected chi connectivity index (χ0v) is 12.7. The number of rotatable bonds is 2. The van der Waals surface area contributed by atoms with E-state index in [0.29, 0.717) is 0 Å². The van der Waals surface area contributed by atoms with Crippen LogP contribution in [-0.2, 0) is 0 Å². The van der Waals surface area contributed by atoms with Gasteiger partial charge in [0.15, 0.2) is 0 Å². The SMILES string of the molecule is COc1c(C)cc(-c2nc(Br)cs2)c(C)c1C. The molecule has 17 heavy (non-hydrogen) atoms. The summed E-state index contributed by atoms with van der Waals surface area (Å²) in [7, 11) is 1.72. The largest absolute Gasteiger partial charge is 0.496 e. The monoisotopic (exact) mass is 311 g/mol. The summed E-state index contributed by atoms with van der Waals surface area (Å²) in [6.45, 7) is 6.27. The van der Waals surface area contributed by atoms with Crippen molar-refractivity contribution < 1.29 is 4.74 Å². The first-order valence-corrected chi connectivity index (χ1v) is 6.98. The van der Waals surface area contributed by atoms with Crippen LogP contribution in [0.2, 0.25) is 0 Å². The molecule has 1 aromatic heterocycles. The lowest BCUT2D eigenvalue weighted by molar-refractivity contribution is 0.408. The van der Waals surface area contributed by atoms with E-state index in [1.165, 1.54) is 16.7 Å². The van der Waals surface area contributed by atoms with Crippen LogP contribution in [0.1, 0.15) is 16.7 Å². The van der Waals surface area contributed by atoms with Crippen molar-refractivity contribution in [3.8, 4) is 16.3 Å². The molecule has 0 spiro atoms. The van der Waals surface area contributed by atoms with E-state index in [0.717, 1.165) is 20.9 Å². The highest BCUT2D eigenvalue weighted by Gasteiger charge is 2.13. The van der Waals surface area contributed by atoms with Crippen molar-refractivity contribution in [2.45, 2.75) is 20.8 Å². The van der Waals surface area contributed by atoms with Crippen LogP contribution in [0, 0.1) is 20.8 Å². The number of thiazole rings is 1. The summed E-state index contributed by atoms with van der Waals surface area (Å²) < 4.78 is 6.32. The first-order valence-electron chi connectivity index (χ1n) is 5.30. The Labute approximate surface area is 114 Å². The molecule has 0 N–H and O–H groups in total. The highest BCUT2D eigenvalue weighted by Crippen LogP contribution is 2.36. The molecule has 0 fully saturated rings. The molecule has 0 amide bonds. The number of aryl methyl sites for hydroxylation is 1. The maximum absolute atomic E-state index is 5.43. The average molecular weight is 312 g/mol. The second kappa shape index (κ2) is 4.78. The van der Waals surface area contributed by atoms with Crippen molar-refractivity contribution in [3.63, 3.8) is 0 Å². The fourth-order valence-corrected chi connectivity index (χ4v) is 3.30. The van der Waals surface area contributed by atoms with Gasteiger partial charge < -0.3 is 4.74 Å². The quantitative estimate of drug-likeness (QED) is 0.814. The van der Waals surface area contributed by atoms with Crippen molar-refractivity contribution in [3.05, 3.63) is 32.7 Å². The van der Waals surface area contributed by atoms with Gasteiger partial charge in [0.2, 0.25) is 0 Å². The Balaban J connectivity index is 2.64. The summed E-state index contributed by atoms with van der Waals surface area (Å²) in [5.74, 6) is 0.974. The highest BCUT2D eigenvalue weighted by molar-refractivity contribution is 9.10. The number of aromatic nitrogens is 1. The van der Waals surface area contributed by atoms with Crippen molar-refractivity contribution in [2.75, 3.05) is 7.11 Å². The van der Waals surface area contributed by atoms with Crippen LogP contribution in [0.4, 0.5) is 0 Å². The van der Waals surface area contributed by atoms with Crippen molar-refractivity contribution in [2.24, 2.45) is 0 Å². The Morgan fingerprint density at radius 3 is 2.47 bits per heavy atom. The maximum Gasteiger partial charge on any atom is 0.124 e. The van der Waals surface area contributed by atoms with E-state index in [9.17, 15) is 0 Å². The minimum atomic E-state index is 0.892. The number of ether oxygens (including phenoxy) is 1. The molecule has 0 bridgehead atoms. The van der Waals surface area contributed by atoms with Crippen LogP contribution in [0.3, 0.4) is 0 Å². The molecule has 2 nitrogen and oxygen atoms in total. The molecular weight excluding hydrogens is 298 g/mol. The molecule has 0 saturated heterocycles. The van der Waals surface area contributed by atoms with Gasteiger partial charge in [0, 0.05) is 10.9 Å². The minimum Gasteiger partial charge on any atom is -0.496 e. The Kier molecular flexibility index (Phi) is 3.54. The highest BCUT2D eigenvalue weighted by atomic mass is 79.9. The molecule has 0 aliphatic rings. The van der Waals surface area contributed by atoms with Gasteiger partial charge >= 0.3 is 0 Å². The minimum absolute atomic E-state index is 0.892. The van der Waals surface area contributed by atoms with Gasteiger partial charge in [0.25, 0.3) is 0 Å². The lowest BCUT2D eigenvalue weighted by atomic mass is 9.99. The third kappa shape index (κ3) is 2.24. The maximum atomic E-state index is 5.43. The van der Waals surface area contributed by atoms with E-state index in [4.69, 9.17) is 4.74 Å². The summed E-state index contributed by atoms with van der Waals surface area (Å²) in [5, 5.41) is 3.05. The van der Waals surface area contributed by atoms with Crippen LogP contribution in [0.25, 0.3) is 10.6 Å². The first kappa shape index (κ1) is 12.6. The zero-order valence-electron chi connectivity index (χ0n) is 10.3. The van der Waals surface area contributed by atoms with Crippen LogP contribution >= 0.6 is 27.3 Å². The van der Waals surface area contributed by atoms with E-state index in [2.05, 4.69) is 47.8 Å². The van der Waals surface area contributed by atoms with Gasteiger partial charge in [-0.1, -0.05) is 0 Å². The summed E-state index contributed by atoms with van der Waals surface area (Å²) >= 11 is 5.04. The summed E-state index contributed by atoms with van der Waals surface area (Å²) in [6, 6.07) is 2.15. The predicted molar refractivity (Wildman–Crippen MR) is 76.0 cm³/mol. The number of hydrogen-bond donors (Lipinski definition) is 0. The fourth-order valence-electron chi connectivity index (χ4n) is 1.97. The van der Waals surface area contributed by atoms with Gasteiger partial charge in [0.1, 0.15) is 15.4 Å². The zero-order chi connectivity index (χ0) is 12.6. The first-order chi connectivity index (χ1) is 8.04. The number of nitrogens with zero attached hydrogens (tertiary/aromatic N) is 1. The standard InChI is InChI=1S/C13H14BrNOS/c1-7-5-10(13-15-11(14)6-17-13)8(2)9(3)12(7)16-4/h5-6H,1-4H3. The molecule has 1 aromatic carbocycles. The molecule has 2 aromatic rings. The molecule has 0 saturated carbocycles. The van der Waals surface area contributed by atoms with Crippen molar-refractivity contribution in [1.82, 2.24) is 4.98 Å². The number of benzene rings is 1. The van der Waals surface area contributed by atoms with E-state index in [1.54, 1.807) is 18.4 Å². The second-order valence-corrected chi connectivity index (χ2v) is 5.67. The third-order valence-electron chi connectivity index (χ3n) is 2.94. The normalized spacial score (nSPS) is 10.6. The molecule has 0 unspecified atom stereocenters. The summed E-state index contributed by atoms with van der Waals surface area (Å²) in [6.07, 6.45) is 0. The lowest BCUT2D eigenvalue weighted by Crippen LogP contribution is -1.96. The lowest BCUT2D eigenvalue weighted by Gasteiger charge is -2.14. The molecule has 0 atom stereocenters. The van der Waals surface area contributed by atoms with Crippen LogP contribution in [0.15, 0.2) is 16.0 Å². The molecule has 1 heterocycles. The van der Waals surface area contributed by atoms with Gasteiger partial charge in [-0.15, -0.1) is 11.3 Å². The summed E-state index contributed by atoms with van der Waals surface area (Å²) in [5.41, 5.74) is 4.76. The van der Waals surface area contributed by atoms with Gasteiger partial charge in [-0.05, 0) is 59.5 Å². The van der Waals surface area contributed by atoms with E-state index < -0.39 is 0 Å². The van der Waals surface area contributed by atoms with Gasteiger partial charge in [-0.25, -0.2) is 4.98 Å². The molecule has 0 aliphatic carbocycles. The molecule has 2 rings (SSSR count). The van der Waals surface area contributed by atoms with Crippen molar-refractivity contribution in [1.29, 1.82) is 0 Å². The number of halogens is 1. The molecule has 0 radical (unpaired) electrons. The van der Waals surface area contributed by atoms with Gasteiger partial charge in [-0.2, -0.15) is 0 Å². The van der Waals surface area contributed by atoms with Crippen LogP contribution in [-0.4, -0.2) is 12.1 Å². The fraction of sp³-hybridized carbons (Fsp3) is 0.308. The molecular formula is C13H14BrNOS. The van der Waals surface area contributed by atoms with Crippen LogP contribution in [0.5, 0.6) is 5.75 Å². The van der Waals surface area contributed by atoms with Crippen LogP contribution < -0.4 is 4.74 Å².